The topological polar surface area (TPSA) is 41.1 Å². The average Bonchev–Trinajstić information content (AvgIpc) is 2.46. The molecule has 0 saturated carbocycles. The molecule has 2 N–H and O–H groups in total. The smallest absolute Gasteiger partial charge is 0.242 e. The summed E-state index contributed by atoms with van der Waals surface area (Å²) < 4.78 is 1.14. The molecule has 1 amide bonds. The summed E-state index contributed by atoms with van der Waals surface area (Å²) in [6.45, 7) is 4.48. The van der Waals surface area contributed by atoms with E-state index in [9.17, 15) is 4.79 Å². The van der Waals surface area contributed by atoms with Crippen LogP contribution >= 0.6 is 22.6 Å². The Labute approximate surface area is 139 Å². The second-order valence-electron chi connectivity index (χ2n) is 5.02. The van der Waals surface area contributed by atoms with E-state index in [4.69, 9.17) is 0 Å². The van der Waals surface area contributed by atoms with Crippen LogP contribution in [0.1, 0.15) is 18.1 Å². The molecule has 0 radical (unpaired) electrons. The predicted octanol–water partition coefficient (Wildman–Crippen LogP) is 3.72. The summed E-state index contributed by atoms with van der Waals surface area (Å²) in [6, 6.07) is 15.8. The van der Waals surface area contributed by atoms with Crippen molar-refractivity contribution in [1.29, 1.82) is 0 Å². The summed E-state index contributed by atoms with van der Waals surface area (Å²) in [5.74, 6) is -0.00267. The number of aryl methyl sites for hydroxylation is 1. The molecule has 110 valence electrons. The van der Waals surface area contributed by atoms with Crippen molar-refractivity contribution in [1.82, 2.24) is 5.32 Å². The van der Waals surface area contributed by atoms with Crippen molar-refractivity contribution >= 4 is 34.2 Å². The van der Waals surface area contributed by atoms with Crippen molar-refractivity contribution in [2.75, 3.05) is 5.32 Å². The maximum Gasteiger partial charge on any atom is 0.242 e. The fourth-order valence-corrected chi connectivity index (χ4v) is 2.58. The van der Waals surface area contributed by atoms with E-state index in [-0.39, 0.29) is 11.9 Å². The molecule has 2 aromatic rings. The molecule has 21 heavy (non-hydrogen) atoms. The van der Waals surface area contributed by atoms with Gasteiger partial charge in [0.25, 0.3) is 0 Å². The third-order valence-corrected chi connectivity index (χ3v) is 3.99. The van der Waals surface area contributed by atoms with Gasteiger partial charge in [-0.3, -0.25) is 4.79 Å². The first-order chi connectivity index (χ1) is 10.1. The SMILES string of the molecule is Cc1ccccc1CNC(=O)C(C)Nc1cccc(I)c1. The molecule has 0 bridgehead atoms. The Hall–Kier alpha value is -1.56. The molecular weight excluding hydrogens is 375 g/mol. The Morgan fingerprint density at radius 1 is 1.19 bits per heavy atom. The van der Waals surface area contributed by atoms with Crippen LogP contribution < -0.4 is 10.6 Å². The van der Waals surface area contributed by atoms with Crippen molar-refractivity contribution in [3.05, 3.63) is 63.2 Å². The highest BCUT2D eigenvalue weighted by Crippen LogP contribution is 2.13. The van der Waals surface area contributed by atoms with Crippen LogP contribution in [-0.2, 0) is 11.3 Å². The molecule has 1 atom stereocenters. The van der Waals surface area contributed by atoms with Gasteiger partial charge in [-0.15, -0.1) is 0 Å². The maximum absolute atomic E-state index is 12.1. The highest BCUT2D eigenvalue weighted by molar-refractivity contribution is 14.1. The van der Waals surface area contributed by atoms with Crippen molar-refractivity contribution in [3.63, 3.8) is 0 Å². The van der Waals surface area contributed by atoms with Crippen molar-refractivity contribution < 1.29 is 4.79 Å². The minimum Gasteiger partial charge on any atom is -0.374 e. The minimum atomic E-state index is -0.271. The molecule has 0 aliphatic heterocycles. The van der Waals surface area contributed by atoms with Gasteiger partial charge in [-0.1, -0.05) is 30.3 Å². The third kappa shape index (κ3) is 4.74. The lowest BCUT2D eigenvalue weighted by molar-refractivity contribution is -0.121. The van der Waals surface area contributed by atoms with Gasteiger partial charge in [-0.25, -0.2) is 0 Å². The number of hydrogen-bond acceptors (Lipinski definition) is 2. The Morgan fingerprint density at radius 2 is 1.95 bits per heavy atom. The van der Waals surface area contributed by atoms with Crippen LogP contribution in [0.4, 0.5) is 5.69 Å². The summed E-state index contributed by atoms with van der Waals surface area (Å²) in [5.41, 5.74) is 3.30. The number of carbonyl (C=O) groups excluding carboxylic acids is 1. The van der Waals surface area contributed by atoms with Gasteiger partial charge in [0.05, 0.1) is 0 Å². The molecule has 0 heterocycles. The van der Waals surface area contributed by atoms with E-state index in [2.05, 4.69) is 46.2 Å². The van der Waals surface area contributed by atoms with Gasteiger partial charge in [0.1, 0.15) is 6.04 Å². The number of amides is 1. The van der Waals surface area contributed by atoms with Crippen molar-refractivity contribution in [3.8, 4) is 0 Å². The first-order valence-electron chi connectivity index (χ1n) is 6.90. The Bertz CT molecular complexity index is 628. The Kier molecular flexibility index (Phi) is 5.61. The van der Waals surface area contributed by atoms with Crippen LogP contribution in [0.2, 0.25) is 0 Å². The monoisotopic (exact) mass is 394 g/mol. The van der Waals surface area contributed by atoms with E-state index in [0.717, 1.165) is 14.8 Å². The molecule has 0 aromatic heterocycles. The zero-order valence-electron chi connectivity index (χ0n) is 12.2. The number of hydrogen-bond donors (Lipinski definition) is 2. The fourth-order valence-electron chi connectivity index (χ4n) is 2.04. The second-order valence-corrected chi connectivity index (χ2v) is 6.27. The summed E-state index contributed by atoms with van der Waals surface area (Å²) in [6.07, 6.45) is 0. The molecule has 3 nitrogen and oxygen atoms in total. The van der Waals surface area contributed by atoms with Gasteiger partial charge in [-0.05, 0) is 65.8 Å². The largest absolute Gasteiger partial charge is 0.374 e. The van der Waals surface area contributed by atoms with Crippen LogP contribution in [0.15, 0.2) is 48.5 Å². The summed E-state index contributed by atoms with van der Waals surface area (Å²) in [7, 11) is 0. The van der Waals surface area contributed by atoms with E-state index >= 15 is 0 Å². The molecule has 0 fully saturated rings. The molecule has 2 rings (SSSR count). The molecule has 4 heteroatoms. The molecule has 0 spiro atoms. The third-order valence-electron chi connectivity index (χ3n) is 3.32. The molecule has 0 aliphatic carbocycles. The van der Waals surface area contributed by atoms with Gasteiger partial charge in [0.2, 0.25) is 5.91 Å². The van der Waals surface area contributed by atoms with Crippen molar-refractivity contribution in [2.24, 2.45) is 0 Å². The average molecular weight is 394 g/mol. The number of carbonyl (C=O) groups is 1. The van der Waals surface area contributed by atoms with Gasteiger partial charge in [-0.2, -0.15) is 0 Å². The standard InChI is InChI=1S/C17H19IN2O/c1-12-6-3-4-7-14(12)11-19-17(21)13(2)20-16-9-5-8-15(18)10-16/h3-10,13,20H,11H2,1-2H3,(H,19,21). The zero-order valence-corrected chi connectivity index (χ0v) is 14.3. The van der Waals surface area contributed by atoms with Crippen LogP contribution in [0, 0.1) is 10.5 Å². The summed E-state index contributed by atoms with van der Waals surface area (Å²) >= 11 is 2.26. The van der Waals surface area contributed by atoms with Gasteiger partial charge < -0.3 is 10.6 Å². The maximum atomic E-state index is 12.1. The van der Waals surface area contributed by atoms with Crippen LogP contribution in [0.25, 0.3) is 0 Å². The number of anilines is 1. The van der Waals surface area contributed by atoms with Crippen LogP contribution in [0.5, 0.6) is 0 Å². The lowest BCUT2D eigenvalue weighted by atomic mass is 10.1. The Balaban J connectivity index is 1.90. The Morgan fingerprint density at radius 3 is 2.67 bits per heavy atom. The highest BCUT2D eigenvalue weighted by atomic mass is 127. The minimum absolute atomic E-state index is 0.00267. The van der Waals surface area contributed by atoms with Crippen LogP contribution in [-0.4, -0.2) is 11.9 Å². The summed E-state index contributed by atoms with van der Waals surface area (Å²) in [4.78, 5) is 12.1. The number of halogens is 1. The normalized spacial score (nSPS) is 11.8. The second kappa shape index (κ2) is 7.45. The summed E-state index contributed by atoms with van der Waals surface area (Å²) in [5, 5.41) is 6.19. The molecule has 0 saturated heterocycles. The number of nitrogens with one attached hydrogen (secondary N) is 2. The van der Waals surface area contributed by atoms with E-state index in [0.29, 0.717) is 6.54 Å². The first kappa shape index (κ1) is 15.8. The van der Waals surface area contributed by atoms with Gasteiger partial charge in [0.15, 0.2) is 0 Å². The van der Waals surface area contributed by atoms with Crippen LogP contribution in [0.3, 0.4) is 0 Å². The fraction of sp³-hybridized carbons (Fsp3) is 0.235. The molecular formula is C17H19IN2O. The van der Waals surface area contributed by atoms with Gasteiger partial charge in [0, 0.05) is 15.8 Å². The molecule has 0 aliphatic rings. The zero-order chi connectivity index (χ0) is 15.2. The predicted molar refractivity (Wildman–Crippen MR) is 95.3 cm³/mol. The lowest BCUT2D eigenvalue weighted by Gasteiger charge is -2.16. The quantitative estimate of drug-likeness (QED) is 0.760. The van der Waals surface area contributed by atoms with E-state index in [1.807, 2.05) is 49.4 Å². The highest BCUT2D eigenvalue weighted by Gasteiger charge is 2.12. The van der Waals surface area contributed by atoms with E-state index in [1.165, 1.54) is 5.56 Å². The molecule has 2 aromatic carbocycles. The van der Waals surface area contributed by atoms with Crippen molar-refractivity contribution in [2.45, 2.75) is 26.4 Å². The lowest BCUT2D eigenvalue weighted by Crippen LogP contribution is -2.37. The van der Waals surface area contributed by atoms with Gasteiger partial charge >= 0.3 is 0 Å². The number of rotatable bonds is 5. The molecule has 1 unspecified atom stereocenters. The van der Waals surface area contributed by atoms with E-state index in [1.54, 1.807) is 0 Å². The number of benzene rings is 2. The van der Waals surface area contributed by atoms with E-state index < -0.39 is 0 Å². The first-order valence-corrected chi connectivity index (χ1v) is 7.98.